The predicted octanol–water partition coefficient (Wildman–Crippen LogP) is 3.00. The van der Waals surface area contributed by atoms with Crippen LogP contribution in [0.4, 0.5) is 0 Å². The first-order chi connectivity index (χ1) is 11.2. The van der Waals surface area contributed by atoms with Crippen LogP contribution in [0.5, 0.6) is 5.75 Å². The van der Waals surface area contributed by atoms with E-state index in [1.807, 2.05) is 12.1 Å². The lowest BCUT2D eigenvalue weighted by molar-refractivity contribution is -0.153. The Kier molecular flexibility index (Phi) is 5.88. The van der Waals surface area contributed by atoms with Gasteiger partial charge in [0.2, 0.25) is 0 Å². The number of aromatic hydroxyl groups is 1. The summed E-state index contributed by atoms with van der Waals surface area (Å²) >= 11 is 0. The number of aliphatic carboxylic acids is 1. The number of hydrogen-bond donors (Lipinski definition) is 2. The number of carboxylic acid groups (broad SMARTS) is 1. The van der Waals surface area contributed by atoms with Gasteiger partial charge in [-0.3, -0.25) is 4.90 Å². The fourth-order valence-electron chi connectivity index (χ4n) is 3.31. The largest absolute Gasteiger partial charge is 0.508 e. The topological polar surface area (TPSA) is 70.0 Å². The molecule has 134 valence electrons. The molecule has 2 rings (SSSR count). The Bertz CT molecular complexity index is 571. The minimum Gasteiger partial charge on any atom is -0.508 e. The molecule has 0 spiro atoms. The monoisotopic (exact) mass is 335 g/mol. The molecule has 1 saturated heterocycles. The van der Waals surface area contributed by atoms with Crippen molar-refractivity contribution in [1.29, 1.82) is 0 Å². The van der Waals surface area contributed by atoms with Crippen molar-refractivity contribution in [3.8, 4) is 5.75 Å². The molecule has 1 aliphatic heterocycles. The normalized spacial score (nSPS) is 18.5. The maximum absolute atomic E-state index is 11.2. The fourth-order valence-corrected chi connectivity index (χ4v) is 3.31. The van der Waals surface area contributed by atoms with Crippen molar-refractivity contribution in [1.82, 2.24) is 4.90 Å². The molecule has 1 unspecified atom stereocenters. The smallest absolute Gasteiger partial charge is 0.333 e. The molecule has 24 heavy (non-hydrogen) atoms. The summed E-state index contributed by atoms with van der Waals surface area (Å²) in [6.45, 7) is 8.70. The zero-order chi connectivity index (χ0) is 17.9. The Morgan fingerprint density at radius 3 is 2.42 bits per heavy atom. The molecule has 1 aliphatic rings. The number of carboxylic acids is 1. The molecule has 0 radical (unpaired) electrons. The van der Waals surface area contributed by atoms with Crippen molar-refractivity contribution in [2.75, 3.05) is 20.2 Å². The number of hydrogen-bond acceptors (Lipinski definition) is 4. The molecule has 0 amide bonds. The number of methoxy groups -OCH3 is 1. The zero-order valence-electron chi connectivity index (χ0n) is 15.1. The third kappa shape index (κ3) is 4.48. The Balaban J connectivity index is 1.96. The van der Waals surface area contributed by atoms with E-state index in [0.717, 1.165) is 37.1 Å². The third-order valence-electron chi connectivity index (χ3n) is 4.90. The number of benzene rings is 1. The van der Waals surface area contributed by atoms with E-state index in [0.29, 0.717) is 12.3 Å². The van der Waals surface area contributed by atoms with Gasteiger partial charge in [0.1, 0.15) is 5.75 Å². The minimum atomic E-state index is -0.883. The van der Waals surface area contributed by atoms with Crippen molar-refractivity contribution in [2.45, 2.75) is 51.7 Å². The molecule has 1 fully saturated rings. The lowest BCUT2D eigenvalue weighted by Crippen LogP contribution is -2.41. The van der Waals surface area contributed by atoms with Crippen molar-refractivity contribution in [2.24, 2.45) is 5.92 Å². The van der Waals surface area contributed by atoms with Gasteiger partial charge in [-0.2, -0.15) is 0 Å². The van der Waals surface area contributed by atoms with Crippen LogP contribution in [0.3, 0.4) is 0 Å². The van der Waals surface area contributed by atoms with Crippen LogP contribution >= 0.6 is 0 Å². The first-order valence-electron chi connectivity index (χ1n) is 8.52. The Hall–Kier alpha value is -1.59. The molecule has 0 aliphatic carbocycles. The van der Waals surface area contributed by atoms with Gasteiger partial charge in [0.25, 0.3) is 0 Å². The van der Waals surface area contributed by atoms with Crippen LogP contribution in [0.2, 0.25) is 0 Å². The van der Waals surface area contributed by atoms with E-state index in [4.69, 9.17) is 4.74 Å². The summed E-state index contributed by atoms with van der Waals surface area (Å²) in [4.78, 5) is 13.4. The number of piperidine rings is 1. The highest BCUT2D eigenvalue weighted by atomic mass is 16.5. The lowest BCUT2D eigenvalue weighted by atomic mass is 9.86. The van der Waals surface area contributed by atoms with Gasteiger partial charge in [0.15, 0.2) is 6.10 Å². The summed E-state index contributed by atoms with van der Waals surface area (Å²) in [6.07, 6.45) is 0.878. The van der Waals surface area contributed by atoms with E-state index in [2.05, 4.69) is 31.7 Å². The second-order valence-corrected chi connectivity index (χ2v) is 7.70. The summed E-state index contributed by atoms with van der Waals surface area (Å²) in [6, 6.07) is 5.93. The van der Waals surface area contributed by atoms with Crippen LogP contribution in [0.1, 0.15) is 44.7 Å². The summed E-state index contributed by atoms with van der Waals surface area (Å²) in [5.41, 5.74) is 2.05. The molecule has 5 nitrogen and oxygen atoms in total. The molecule has 5 heteroatoms. The molecule has 0 bridgehead atoms. The quantitative estimate of drug-likeness (QED) is 0.865. The molecule has 2 N–H and O–H groups in total. The second-order valence-electron chi connectivity index (χ2n) is 7.70. The van der Waals surface area contributed by atoms with Gasteiger partial charge >= 0.3 is 5.97 Å². The van der Waals surface area contributed by atoms with E-state index < -0.39 is 12.1 Å². The number of likely N-dealkylation sites (tertiary alicyclic amines) is 1. The average molecular weight is 335 g/mol. The van der Waals surface area contributed by atoms with E-state index in [1.54, 1.807) is 0 Å². The molecule has 1 atom stereocenters. The predicted molar refractivity (Wildman–Crippen MR) is 93.2 cm³/mol. The summed E-state index contributed by atoms with van der Waals surface area (Å²) in [5, 5.41) is 19.5. The Morgan fingerprint density at radius 1 is 1.33 bits per heavy atom. The number of carbonyl (C=O) groups is 1. The highest BCUT2D eigenvalue weighted by Crippen LogP contribution is 2.30. The summed E-state index contributed by atoms with van der Waals surface area (Å²) in [5.74, 6) is -0.489. The SMILES string of the molecule is COC(C(=O)O)C1CCN(Cc2ccc(C(C)(C)C)cc2O)CC1. The van der Waals surface area contributed by atoms with E-state index in [9.17, 15) is 15.0 Å². The maximum atomic E-state index is 11.2. The number of phenolic OH excluding ortho intramolecular Hbond substituents is 1. The van der Waals surface area contributed by atoms with Gasteiger partial charge in [0, 0.05) is 19.2 Å². The number of nitrogens with zero attached hydrogens (tertiary/aromatic N) is 1. The van der Waals surface area contributed by atoms with Crippen LogP contribution in [0.15, 0.2) is 18.2 Å². The van der Waals surface area contributed by atoms with Crippen molar-refractivity contribution >= 4 is 5.97 Å². The van der Waals surface area contributed by atoms with Gasteiger partial charge in [0.05, 0.1) is 0 Å². The maximum Gasteiger partial charge on any atom is 0.333 e. The highest BCUT2D eigenvalue weighted by Gasteiger charge is 2.31. The van der Waals surface area contributed by atoms with Crippen molar-refractivity contribution in [3.05, 3.63) is 29.3 Å². The molecular formula is C19H29NO4. The standard InChI is InChI=1S/C19H29NO4/c1-19(2,3)15-6-5-14(16(21)11-15)12-20-9-7-13(8-10-20)17(24-4)18(22)23/h5-6,11,13,17,21H,7-10,12H2,1-4H3,(H,22,23). The second kappa shape index (κ2) is 7.53. The van der Waals surface area contributed by atoms with Crippen LogP contribution in [-0.4, -0.2) is 47.4 Å². The fraction of sp³-hybridized carbons (Fsp3) is 0.632. The van der Waals surface area contributed by atoms with Crippen LogP contribution < -0.4 is 0 Å². The number of rotatable bonds is 5. The molecule has 1 aromatic carbocycles. The summed E-state index contributed by atoms with van der Waals surface area (Å²) in [7, 11) is 1.46. The first kappa shape index (κ1) is 18.7. The average Bonchev–Trinajstić information content (AvgIpc) is 2.50. The van der Waals surface area contributed by atoms with Crippen molar-refractivity contribution < 1.29 is 19.7 Å². The van der Waals surface area contributed by atoms with Crippen molar-refractivity contribution in [3.63, 3.8) is 0 Å². The van der Waals surface area contributed by atoms with E-state index in [-0.39, 0.29) is 11.3 Å². The molecular weight excluding hydrogens is 306 g/mol. The van der Waals surface area contributed by atoms with Crippen LogP contribution in [0, 0.1) is 5.92 Å². The molecule has 0 saturated carbocycles. The van der Waals surface area contributed by atoms with Gasteiger partial charge < -0.3 is 14.9 Å². The lowest BCUT2D eigenvalue weighted by Gasteiger charge is -2.34. The third-order valence-corrected chi connectivity index (χ3v) is 4.90. The molecule has 1 aromatic rings. The Morgan fingerprint density at radius 2 is 1.96 bits per heavy atom. The Labute approximate surface area is 144 Å². The molecule has 0 aromatic heterocycles. The van der Waals surface area contributed by atoms with Gasteiger partial charge in [-0.05, 0) is 48.9 Å². The van der Waals surface area contributed by atoms with E-state index >= 15 is 0 Å². The number of phenols is 1. The highest BCUT2D eigenvalue weighted by molar-refractivity contribution is 5.72. The van der Waals surface area contributed by atoms with Gasteiger partial charge in [-0.25, -0.2) is 4.79 Å². The van der Waals surface area contributed by atoms with Crippen LogP contribution in [0.25, 0.3) is 0 Å². The van der Waals surface area contributed by atoms with Gasteiger partial charge in [-0.15, -0.1) is 0 Å². The van der Waals surface area contributed by atoms with E-state index in [1.165, 1.54) is 7.11 Å². The summed E-state index contributed by atoms with van der Waals surface area (Å²) < 4.78 is 5.11. The first-order valence-corrected chi connectivity index (χ1v) is 8.52. The van der Waals surface area contributed by atoms with Gasteiger partial charge in [-0.1, -0.05) is 32.9 Å². The zero-order valence-corrected chi connectivity index (χ0v) is 15.1. The van der Waals surface area contributed by atoms with Crippen LogP contribution in [-0.2, 0) is 21.5 Å². The number of ether oxygens (including phenoxy) is 1. The molecule has 1 heterocycles. The minimum absolute atomic E-state index is 0.0142.